The molecule has 0 radical (unpaired) electrons. The Morgan fingerprint density at radius 1 is 1.16 bits per heavy atom. The number of hydrogen-bond acceptors (Lipinski definition) is 6. The second-order valence-corrected chi connectivity index (χ2v) is 5.25. The highest BCUT2D eigenvalue weighted by Crippen LogP contribution is 2.24. The molecule has 0 spiro atoms. The number of halogens is 1. The minimum atomic E-state index is -0.482. The molecule has 4 rings (SSSR count). The van der Waals surface area contributed by atoms with Gasteiger partial charge in [-0.2, -0.15) is 0 Å². The smallest absolute Gasteiger partial charge is 0.240 e. The van der Waals surface area contributed by atoms with Gasteiger partial charge in [-0.15, -0.1) is 15.0 Å². The molecule has 1 N–H and O–H groups in total. The largest absolute Gasteiger partial charge is 0.456 e. The van der Waals surface area contributed by atoms with E-state index in [2.05, 4.69) is 30.4 Å². The summed E-state index contributed by atoms with van der Waals surface area (Å²) in [4.78, 5) is 12.3. The summed E-state index contributed by atoms with van der Waals surface area (Å²) in [5, 5.41) is 12.1. The molecule has 0 aliphatic heterocycles. The van der Waals surface area contributed by atoms with Crippen molar-refractivity contribution in [3.63, 3.8) is 0 Å². The van der Waals surface area contributed by atoms with Gasteiger partial charge in [-0.05, 0) is 24.3 Å². The third-order valence-corrected chi connectivity index (χ3v) is 3.29. The molecule has 0 saturated heterocycles. The predicted octanol–water partition coefficient (Wildman–Crippen LogP) is 2.69. The number of ether oxygens (including phenoxy) is 1. The maximum atomic E-state index is 13.9. The van der Waals surface area contributed by atoms with Crippen LogP contribution in [0.3, 0.4) is 0 Å². The zero-order valence-electron chi connectivity index (χ0n) is 13.1. The fourth-order valence-corrected chi connectivity index (χ4v) is 2.21. The summed E-state index contributed by atoms with van der Waals surface area (Å²) in [6.07, 6.45) is 4.83. The highest BCUT2D eigenvalue weighted by atomic mass is 19.1. The second-order valence-electron chi connectivity index (χ2n) is 5.25. The molecule has 4 aromatic rings. The van der Waals surface area contributed by atoms with E-state index >= 15 is 0 Å². The van der Waals surface area contributed by atoms with Crippen LogP contribution in [0.1, 0.15) is 5.69 Å². The van der Waals surface area contributed by atoms with Crippen molar-refractivity contribution in [1.82, 2.24) is 35.2 Å². The first-order valence-corrected chi connectivity index (χ1v) is 7.38. The van der Waals surface area contributed by atoms with Gasteiger partial charge < -0.3 is 9.72 Å². The number of rotatable bonds is 4. The van der Waals surface area contributed by atoms with Crippen molar-refractivity contribution in [2.24, 2.45) is 0 Å². The zero-order valence-corrected chi connectivity index (χ0v) is 13.1. The molecule has 25 heavy (non-hydrogen) atoms. The second kappa shape index (κ2) is 6.11. The Hall–Kier alpha value is -3.62. The molecular formula is C16H12FN7O. The van der Waals surface area contributed by atoms with Crippen molar-refractivity contribution >= 4 is 0 Å². The summed E-state index contributed by atoms with van der Waals surface area (Å²) in [6, 6.07) is 7.61. The summed E-state index contributed by atoms with van der Waals surface area (Å²) < 4.78 is 19.6. The molecule has 3 heterocycles. The highest BCUT2D eigenvalue weighted by Gasteiger charge is 2.12. The van der Waals surface area contributed by atoms with Crippen LogP contribution in [0, 0.1) is 12.7 Å². The van der Waals surface area contributed by atoms with Crippen LogP contribution in [0.5, 0.6) is 11.5 Å². The first-order valence-electron chi connectivity index (χ1n) is 7.38. The lowest BCUT2D eigenvalue weighted by molar-refractivity contribution is 0.473. The molecule has 0 aliphatic carbocycles. The van der Waals surface area contributed by atoms with Gasteiger partial charge >= 0.3 is 0 Å². The number of imidazole rings is 1. The van der Waals surface area contributed by atoms with Gasteiger partial charge in [0.25, 0.3) is 0 Å². The van der Waals surface area contributed by atoms with Gasteiger partial charge in [-0.1, -0.05) is 0 Å². The number of nitrogens with zero attached hydrogens (tertiary/aromatic N) is 6. The molecular weight excluding hydrogens is 325 g/mol. The highest BCUT2D eigenvalue weighted by molar-refractivity contribution is 5.44. The number of H-pyrrole nitrogens is 1. The van der Waals surface area contributed by atoms with E-state index in [1.54, 1.807) is 30.6 Å². The van der Waals surface area contributed by atoms with Crippen LogP contribution < -0.4 is 4.74 Å². The minimum absolute atomic E-state index is 0.302. The topological polar surface area (TPSA) is 94.4 Å². The Kier molecular flexibility index (Phi) is 3.65. The maximum absolute atomic E-state index is 13.9. The average molecular weight is 337 g/mol. The van der Waals surface area contributed by atoms with Crippen LogP contribution in [0.2, 0.25) is 0 Å². The molecule has 1 aromatic carbocycles. The number of aryl methyl sites for hydroxylation is 1. The van der Waals surface area contributed by atoms with Crippen molar-refractivity contribution in [2.75, 3.05) is 0 Å². The van der Waals surface area contributed by atoms with Gasteiger partial charge in [-0.3, -0.25) is 4.98 Å². The van der Waals surface area contributed by atoms with Gasteiger partial charge in [-0.25, -0.2) is 9.37 Å². The quantitative estimate of drug-likeness (QED) is 0.615. The molecule has 0 saturated carbocycles. The summed E-state index contributed by atoms with van der Waals surface area (Å²) in [5.74, 6) is 1.12. The maximum Gasteiger partial charge on any atom is 0.240 e. The minimum Gasteiger partial charge on any atom is -0.456 e. The van der Waals surface area contributed by atoms with Crippen molar-refractivity contribution in [3.05, 3.63) is 60.4 Å². The Morgan fingerprint density at radius 2 is 2.08 bits per heavy atom. The Balaban J connectivity index is 1.65. The van der Waals surface area contributed by atoms with E-state index in [4.69, 9.17) is 4.74 Å². The van der Waals surface area contributed by atoms with Crippen molar-refractivity contribution < 1.29 is 9.13 Å². The molecule has 3 aromatic heterocycles. The Morgan fingerprint density at radius 3 is 2.84 bits per heavy atom. The van der Waals surface area contributed by atoms with Crippen molar-refractivity contribution in [1.29, 1.82) is 0 Å². The number of pyridine rings is 1. The summed E-state index contributed by atoms with van der Waals surface area (Å²) in [5.41, 5.74) is 1.25. The predicted molar refractivity (Wildman–Crippen MR) is 85.7 cm³/mol. The number of hydrogen-bond donors (Lipinski definition) is 1. The first-order chi connectivity index (χ1) is 12.2. The molecule has 0 bridgehead atoms. The van der Waals surface area contributed by atoms with E-state index in [0.29, 0.717) is 28.8 Å². The fraction of sp³-hybridized carbons (Fsp3) is 0.0625. The molecule has 8 nitrogen and oxygen atoms in total. The third-order valence-electron chi connectivity index (χ3n) is 3.29. The van der Waals surface area contributed by atoms with E-state index in [1.807, 2.05) is 6.92 Å². The SMILES string of the molecule is Cc1cnc(-c2nnn(-c3cc(F)cc(Oc4cccnc4)c3)n2)[nH]1. The Bertz CT molecular complexity index is 1010. The van der Waals surface area contributed by atoms with Crippen molar-refractivity contribution in [3.8, 4) is 28.8 Å². The van der Waals surface area contributed by atoms with Crippen LogP contribution in [0.4, 0.5) is 4.39 Å². The van der Waals surface area contributed by atoms with Gasteiger partial charge in [0.1, 0.15) is 17.3 Å². The lowest BCUT2D eigenvalue weighted by Gasteiger charge is -2.07. The molecule has 124 valence electrons. The van der Waals surface area contributed by atoms with E-state index in [9.17, 15) is 4.39 Å². The van der Waals surface area contributed by atoms with Crippen LogP contribution in [-0.4, -0.2) is 35.2 Å². The molecule has 0 amide bonds. The average Bonchev–Trinajstić information content (AvgIpc) is 3.24. The summed E-state index contributed by atoms with van der Waals surface area (Å²) in [7, 11) is 0. The lowest BCUT2D eigenvalue weighted by Crippen LogP contribution is -2.00. The number of aromatic amines is 1. The fourth-order valence-electron chi connectivity index (χ4n) is 2.21. The standard InChI is InChI=1S/C16H12FN7O/c1-10-8-19-15(20-10)16-21-23-24(22-16)12-5-11(17)6-14(7-12)25-13-3-2-4-18-9-13/h2-9H,1H3,(H,19,20). The van der Waals surface area contributed by atoms with E-state index < -0.39 is 5.82 Å². The number of benzene rings is 1. The summed E-state index contributed by atoms with van der Waals surface area (Å²) >= 11 is 0. The Labute approximate surface area is 141 Å². The molecule has 0 aliphatic rings. The third kappa shape index (κ3) is 3.20. The lowest BCUT2D eigenvalue weighted by atomic mass is 10.3. The van der Waals surface area contributed by atoms with Crippen LogP contribution in [0.25, 0.3) is 17.3 Å². The number of tetrazole rings is 1. The van der Waals surface area contributed by atoms with Gasteiger partial charge in [0.05, 0.1) is 11.9 Å². The number of nitrogens with one attached hydrogen (secondary N) is 1. The molecule has 9 heteroatoms. The normalized spacial score (nSPS) is 10.8. The van der Waals surface area contributed by atoms with E-state index in [1.165, 1.54) is 23.1 Å². The molecule has 0 atom stereocenters. The summed E-state index contributed by atoms with van der Waals surface area (Å²) in [6.45, 7) is 1.87. The van der Waals surface area contributed by atoms with E-state index in [0.717, 1.165) is 5.69 Å². The van der Waals surface area contributed by atoms with Gasteiger partial charge in [0.2, 0.25) is 5.82 Å². The monoisotopic (exact) mass is 337 g/mol. The molecule has 0 fully saturated rings. The van der Waals surface area contributed by atoms with Crippen LogP contribution in [0.15, 0.2) is 48.9 Å². The zero-order chi connectivity index (χ0) is 17.2. The first kappa shape index (κ1) is 14.9. The van der Waals surface area contributed by atoms with Crippen LogP contribution in [-0.2, 0) is 0 Å². The van der Waals surface area contributed by atoms with E-state index in [-0.39, 0.29) is 0 Å². The van der Waals surface area contributed by atoms with Crippen molar-refractivity contribution in [2.45, 2.75) is 6.92 Å². The number of aromatic nitrogens is 7. The van der Waals surface area contributed by atoms with Crippen LogP contribution >= 0.6 is 0 Å². The molecule has 0 unspecified atom stereocenters. The van der Waals surface area contributed by atoms with Gasteiger partial charge in [0.15, 0.2) is 5.82 Å². The van der Waals surface area contributed by atoms with Gasteiger partial charge in [0, 0.05) is 36.3 Å².